The van der Waals surface area contributed by atoms with Gasteiger partial charge in [-0.1, -0.05) is 13.8 Å². The SMILES string of the molecule is CCN(CC)CCNC(=O)c1c(C)oc2cc(Oc3ncnc4cc(OC)c(OC)cc34)ccc12. The highest BCUT2D eigenvalue weighted by Gasteiger charge is 2.19. The van der Waals surface area contributed by atoms with Crippen LogP contribution in [0.4, 0.5) is 0 Å². The molecule has 0 aliphatic carbocycles. The Kier molecular flexibility index (Phi) is 7.36. The van der Waals surface area contributed by atoms with Gasteiger partial charge in [-0.3, -0.25) is 4.79 Å². The van der Waals surface area contributed by atoms with E-state index in [9.17, 15) is 4.79 Å². The number of hydrogen-bond donors (Lipinski definition) is 1. The highest BCUT2D eigenvalue weighted by molar-refractivity contribution is 6.07. The van der Waals surface area contributed by atoms with E-state index in [1.165, 1.54) is 6.33 Å². The van der Waals surface area contributed by atoms with Gasteiger partial charge in [-0.25, -0.2) is 9.97 Å². The lowest BCUT2D eigenvalue weighted by Crippen LogP contribution is -2.34. The number of furan rings is 1. The third-order valence-electron chi connectivity index (χ3n) is 5.99. The van der Waals surface area contributed by atoms with Gasteiger partial charge in [0.25, 0.3) is 5.91 Å². The molecule has 0 saturated carbocycles. The Balaban J connectivity index is 1.58. The summed E-state index contributed by atoms with van der Waals surface area (Å²) in [7, 11) is 3.14. The normalized spacial score (nSPS) is 11.3. The number of aryl methyl sites for hydroxylation is 1. The molecule has 1 N–H and O–H groups in total. The van der Waals surface area contributed by atoms with E-state index in [2.05, 4.69) is 34.0 Å². The number of fused-ring (bicyclic) bond motifs is 2. The molecule has 0 fully saturated rings. The maximum absolute atomic E-state index is 12.9. The van der Waals surface area contributed by atoms with Crippen LogP contribution in [-0.2, 0) is 0 Å². The lowest BCUT2D eigenvalue weighted by molar-refractivity contribution is 0.0949. The molecule has 4 rings (SSSR count). The number of methoxy groups -OCH3 is 2. The van der Waals surface area contributed by atoms with E-state index in [1.807, 2.05) is 6.07 Å². The summed E-state index contributed by atoms with van der Waals surface area (Å²) in [6.07, 6.45) is 1.43. The van der Waals surface area contributed by atoms with Gasteiger partial charge < -0.3 is 28.8 Å². The fraction of sp³-hybridized carbons (Fsp3) is 0.346. The highest BCUT2D eigenvalue weighted by Crippen LogP contribution is 2.36. The molecule has 184 valence electrons. The Labute approximate surface area is 204 Å². The molecular weight excluding hydrogens is 448 g/mol. The first-order valence-corrected chi connectivity index (χ1v) is 11.6. The van der Waals surface area contributed by atoms with E-state index in [4.69, 9.17) is 18.6 Å². The zero-order chi connectivity index (χ0) is 24.9. The molecule has 9 nitrogen and oxygen atoms in total. The number of rotatable bonds is 10. The van der Waals surface area contributed by atoms with E-state index in [0.29, 0.717) is 57.5 Å². The number of nitrogens with zero attached hydrogens (tertiary/aromatic N) is 3. The summed E-state index contributed by atoms with van der Waals surface area (Å²) >= 11 is 0. The van der Waals surface area contributed by atoms with Crippen LogP contribution in [0.1, 0.15) is 30.0 Å². The van der Waals surface area contributed by atoms with Gasteiger partial charge in [-0.15, -0.1) is 0 Å². The molecule has 0 atom stereocenters. The lowest BCUT2D eigenvalue weighted by atomic mass is 10.1. The number of nitrogens with one attached hydrogen (secondary N) is 1. The second-order valence-corrected chi connectivity index (χ2v) is 7.98. The molecule has 0 spiro atoms. The second kappa shape index (κ2) is 10.6. The Morgan fingerprint density at radius 1 is 1.03 bits per heavy atom. The summed E-state index contributed by atoms with van der Waals surface area (Å²) in [4.78, 5) is 23.7. The molecular formula is C26H30N4O5. The molecule has 0 aliphatic rings. The van der Waals surface area contributed by atoms with Crippen molar-refractivity contribution in [2.24, 2.45) is 0 Å². The molecule has 0 unspecified atom stereocenters. The van der Waals surface area contributed by atoms with Crippen LogP contribution in [0.5, 0.6) is 23.1 Å². The van der Waals surface area contributed by atoms with Gasteiger partial charge in [-0.2, -0.15) is 0 Å². The molecule has 0 aliphatic heterocycles. The van der Waals surface area contributed by atoms with Crippen LogP contribution in [0.15, 0.2) is 41.1 Å². The standard InChI is InChI=1S/C26H30N4O5/c1-6-30(7-2)11-10-27-25(31)24-16(3)34-21-12-17(8-9-18(21)24)35-26-19-13-22(32-4)23(33-5)14-20(19)28-15-29-26/h8-9,12-15H,6-7,10-11H2,1-5H3,(H,27,31). The molecule has 0 radical (unpaired) electrons. The first kappa shape index (κ1) is 24.3. The third kappa shape index (κ3) is 5.00. The van der Waals surface area contributed by atoms with Gasteiger partial charge in [0.05, 0.1) is 30.7 Å². The summed E-state index contributed by atoms with van der Waals surface area (Å²) in [5, 5.41) is 4.41. The first-order valence-electron chi connectivity index (χ1n) is 11.6. The minimum atomic E-state index is -0.148. The summed E-state index contributed by atoms with van der Waals surface area (Å²) in [6, 6.07) is 8.92. The molecule has 0 bridgehead atoms. The van der Waals surface area contributed by atoms with E-state index < -0.39 is 0 Å². The average Bonchev–Trinajstić information content (AvgIpc) is 3.20. The number of ether oxygens (including phenoxy) is 3. The monoisotopic (exact) mass is 478 g/mol. The number of benzene rings is 2. The average molecular weight is 479 g/mol. The van der Waals surface area contributed by atoms with Gasteiger partial charge in [-0.05, 0) is 38.2 Å². The van der Waals surface area contributed by atoms with Crippen molar-refractivity contribution >= 4 is 27.8 Å². The van der Waals surface area contributed by atoms with E-state index in [-0.39, 0.29) is 5.91 Å². The summed E-state index contributed by atoms with van der Waals surface area (Å²) < 4.78 is 22.8. The molecule has 2 aromatic carbocycles. The summed E-state index contributed by atoms with van der Waals surface area (Å²) in [5.74, 6) is 2.42. The van der Waals surface area contributed by atoms with Crippen LogP contribution >= 0.6 is 0 Å². The van der Waals surface area contributed by atoms with Gasteiger partial charge in [0.15, 0.2) is 11.5 Å². The van der Waals surface area contributed by atoms with Crippen molar-refractivity contribution in [3.05, 3.63) is 48.0 Å². The van der Waals surface area contributed by atoms with Crippen molar-refractivity contribution in [2.45, 2.75) is 20.8 Å². The fourth-order valence-electron chi connectivity index (χ4n) is 4.05. The minimum absolute atomic E-state index is 0.148. The van der Waals surface area contributed by atoms with Crippen molar-refractivity contribution in [3.63, 3.8) is 0 Å². The van der Waals surface area contributed by atoms with Crippen molar-refractivity contribution < 1.29 is 23.4 Å². The minimum Gasteiger partial charge on any atom is -0.493 e. The Morgan fingerprint density at radius 3 is 2.49 bits per heavy atom. The molecule has 9 heteroatoms. The van der Waals surface area contributed by atoms with Crippen LogP contribution in [-0.4, -0.2) is 61.2 Å². The van der Waals surface area contributed by atoms with E-state index in [0.717, 1.165) is 25.0 Å². The van der Waals surface area contributed by atoms with Gasteiger partial charge in [0.1, 0.15) is 23.4 Å². The van der Waals surface area contributed by atoms with Crippen molar-refractivity contribution in [3.8, 4) is 23.1 Å². The number of amides is 1. The maximum Gasteiger partial charge on any atom is 0.255 e. The van der Waals surface area contributed by atoms with Crippen molar-refractivity contribution in [2.75, 3.05) is 40.4 Å². The van der Waals surface area contributed by atoms with Gasteiger partial charge in [0, 0.05) is 30.6 Å². The van der Waals surface area contributed by atoms with E-state index >= 15 is 0 Å². The summed E-state index contributed by atoms with van der Waals surface area (Å²) in [6.45, 7) is 9.28. The first-order chi connectivity index (χ1) is 17.0. The number of hydrogen-bond acceptors (Lipinski definition) is 8. The molecule has 35 heavy (non-hydrogen) atoms. The zero-order valence-electron chi connectivity index (χ0n) is 20.7. The molecule has 1 amide bonds. The number of aromatic nitrogens is 2. The third-order valence-corrected chi connectivity index (χ3v) is 5.99. The quantitative estimate of drug-likeness (QED) is 0.354. The Morgan fingerprint density at radius 2 is 1.77 bits per heavy atom. The Hall–Kier alpha value is -3.85. The van der Waals surface area contributed by atoms with Crippen LogP contribution in [0.2, 0.25) is 0 Å². The molecule has 4 aromatic rings. The number of likely N-dealkylation sites (N-methyl/N-ethyl adjacent to an activating group) is 1. The van der Waals surface area contributed by atoms with Gasteiger partial charge >= 0.3 is 0 Å². The largest absolute Gasteiger partial charge is 0.493 e. The number of carbonyl (C=O) groups excluding carboxylic acids is 1. The zero-order valence-corrected chi connectivity index (χ0v) is 20.7. The van der Waals surface area contributed by atoms with E-state index in [1.54, 1.807) is 45.4 Å². The lowest BCUT2D eigenvalue weighted by Gasteiger charge is -2.17. The predicted octanol–water partition coefficient (Wildman–Crippen LogP) is 4.57. The predicted molar refractivity (Wildman–Crippen MR) is 134 cm³/mol. The smallest absolute Gasteiger partial charge is 0.255 e. The molecule has 2 heterocycles. The maximum atomic E-state index is 12.9. The fourth-order valence-corrected chi connectivity index (χ4v) is 4.05. The van der Waals surface area contributed by atoms with Crippen LogP contribution in [0.3, 0.4) is 0 Å². The highest BCUT2D eigenvalue weighted by atomic mass is 16.5. The molecule has 2 aromatic heterocycles. The van der Waals surface area contributed by atoms with Gasteiger partial charge in [0.2, 0.25) is 5.88 Å². The van der Waals surface area contributed by atoms with Crippen LogP contribution in [0, 0.1) is 6.92 Å². The Bertz CT molecular complexity index is 1350. The second-order valence-electron chi connectivity index (χ2n) is 7.98. The number of carbonyl (C=O) groups is 1. The topological polar surface area (TPSA) is 99.0 Å². The summed E-state index contributed by atoms with van der Waals surface area (Å²) in [5.41, 5.74) is 1.76. The molecule has 0 saturated heterocycles. The van der Waals surface area contributed by atoms with Crippen LogP contribution in [0.25, 0.3) is 21.9 Å². The van der Waals surface area contributed by atoms with Crippen molar-refractivity contribution in [1.29, 1.82) is 0 Å². The van der Waals surface area contributed by atoms with Crippen LogP contribution < -0.4 is 19.5 Å². The van der Waals surface area contributed by atoms with Crippen molar-refractivity contribution in [1.82, 2.24) is 20.2 Å².